The highest BCUT2D eigenvalue weighted by atomic mass is 79.9. The maximum absolute atomic E-state index is 11.2. The van der Waals surface area contributed by atoms with Crippen molar-refractivity contribution in [2.45, 2.75) is 25.3 Å². The molecule has 14 heavy (non-hydrogen) atoms. The van der Waals surface area contributed by atoms with Crippen LogP contribution in [0.5, 0.6) is 0 Å². The highest BCUT2D eigenvalue weighted by Gasteiger charge is 2.25. The molecule has 3 nitrogen and oxygen atoms in total. The maximum atomic E-state index is 11.2. The van der Waals surface area contributed by atoms with Crippen LogP contribution in [0.2, 0.25) is 0 Å². The second-order valence-electron chi connectivity index (χ2n) is 3.56. The summed E-state index contributed by atoms with van der Waals surface area (Å²) < 4.78 is 4.84. The molecule has 0 bridgehead atoms. The smallest absolute Gasteiger partial charge is 0.407 e. The highest BCUT2D eigenvalue weighted by molar-refractivity contribution is 9.09. The first-order valence-corrected chi connectivity index (χ1v) is 5.98. The van der Waals surface area contributed by atoms with Gasteiger partial charge in [0.15, 0.2) is 0 Å². The van der Waals surface area contributed by atoms with Gasteiger partial charge in [-0.15, -0.1) is 0 Å². The number of hydrogen-bond acceptors (Lipinski definition) is 2. The van der Waals surface area contributed by atoms with Crippen molar-refractivity contribution in [3.8, 4) is 0 Å². The van der Waals surface area contributed by atoms with Crippen LogP contribution < -0.4 is 5.32 Å². The molecule has 0 unspecified atom stereocenters. The third-order valence-corrected chi connectivity index (χ3v) is 3.33. The second-order valence-corrected chi connectivity index (χ2v) is 4.21. The summed E-state index contributed by atoms with van der Waals surface area (Å²) in [6.45, 7) is 3.76. The largest absolute Gasteiger partial charge is 0.445 e. The number of hydrogen-bond donors (Lipinski definition) is 1. The van der Waals surface area contributed by atoms with Gasteiger partial charge in [0.2, 0.25) is 0 Å². The Morgan fingerprint density at radius 1 is 1.64 bits per heavy atom. The highest BCUT2D eigenvalue weighted by Crippen LogP contribution is 2.26. The number of carbonyl (C=O) groups is 1. The molecule has 1 rings (SSSR count). The number of carbonyl (C=O) groups excluding carboxylic acids is 1. The van der Waals surface area contributed by atoms with Crippen LogP contribution in [0.3, 0.4) is 0 Å². The van der Waals surface area contributed by atoms with E-state index in [4.69, 9.17) is 4.74 Å². The molecular weight excluding hydrogens is 246 g/mol. The van der Waals surface area contributed by atoms with Gasteiger partial charge in [-0.2, -0.15) is 0 Å². The Kier molecular flexibility index (Phi) is 5.01. The number of nitrogens with one attached hydrogen (secondary N) is 1. The van der Waals surface area contributed by atoms with E-state index in [2.05, 4.69) is 27.8 Å². The number of ether oxygens (including phenoxy) is 1. The van der Waals surface area contributed by atoms with E-state index < -0.39 is 0 Å². The van der Waals surface area contributed by atoms with Gasteiger partial charge < -0.3 is 10.1 Å². The van der Waals surface area contributed by atoms with Gasteiger partial charge in [0.25, 0.3) is 0 Å². The van der Waals surface area contributed by atoms with Crippen LogP contribution in [-0.4, -0.2) is 24.1 Å². The van der Waals surface area contributed by atoms with E-state index in [9.17, 15) is 4.79 Å². The van der Waals surface area contributed by atoms with Crippen molar-refractivity contribution < 1.29 is 9.53 Å². The molecule has 2 atom stereocenters. The molecule has 0 heterocycles. The molecule has 1 N–H and O–H groups in total. The molecule has 1 amide bonds. The van der Waals surface area contributed by atoms with Crippen molar-refractivity contribution in [2.75, 3.05) is 11.9 Å². The lowest BCUT2D eigenvalue weighted by molar-refractivity contribution is 0.154. The predicted molar refractivity (Wildman–Crippen MR) is 59.6 cm³/mol. The molecule has 0 aliphatic heterocycles. The summed E-state index contributed by atoms with van der Waals surface area (Å²) in [6.07, 6.45) is 4.52. The van der Waals surface area contributed by atoms with E-state index >= 15 is 0 Å². The van der Waals surface area contributed by atoms with Gasteiger partial charge in [-0.3, -0.25) is 0 Å². The zero-order valence-corrected chi connectivity index (χ0v) is 9.76. The van der Waals surface area contributed by atoms with Gasteiger partial charge in [0.1, 0.15) is 6.61 Å². The van der Waals surface area contributed by atoms with Crippen LogP contribution in [0.1, 0.15) is 19.3 Å². The zero-order chi connectivity index (χ0) is 10.4. The molecule has 1 fully saturated rings. The van der Waals surface area contributed by atoms with Crippen LogP contribution in [0.25, 0.3) is 0 Å². The van der Waals surface area contributed by atoms with Crippen molar-refractivity contribution in [1.29, 1.82) is 0 Å². The Morgan fingerprint density at radius 2 is 2.43 bits per heavy atom. The van der Waals surface area contributed by atoms with Gasteiger partial charge in [-0.25, -0.2) is 4.79 Å². The van der Waals surface area contributed by atoms with Gasteiger partial charge in [-0.05, 0) is 25.2 Å². The van der Waals surface area contributed by atoms with Crippen LogP contribution in [0.4, 0.5) is 4.79 Å². The number of alkyl halides is 1. The normalized spacial score (nSPS) is 25.8. The topological polar surface area (TPSA) is 38.3 Å². The number of amides is 1. The lowest BCUT2D eigenvalue weighted by atomic mass is 10.1. The van der Waals surface area contributed by atoms with Crippen molar-refractivity contribution in [3.05, 3.63) is 12.7 Å². The fraction of sp³-hybridized carbons (Fsp3) is 0.700. The molecule has 0 aromatic rings. The first-order valence-electron chi connectivity index (χ1n) is 4.86. The SMILES string of the molecule is C=CCOC(=O)N[C@H]1CC[C@@H](CBr)C1. The molecule has 80 valence electrons. The van der Waals surface area contributed by atoms with Gasteiger partial charge >= 0.3 is 6.09 Å². The molecule has 0 aromatic carbocycles. The molecule has 4 heteroatoms. The molecule has 0 radical (unpaired) electrons. The van der Waals surface area contributed by atoms with Crippen LogP contribution in [0.15, 0.2) is 12.7 Å². The quantitative estimate of drug-likeness (QED) is 0.624. The van der Waals surface area contributed by atoms with E-state index in [1.807, 2.05) is 0 Å². The first kappa shape index (κ1) is 11.6. The van der Waals surface area contributed by atoms with Gasteiger partial charge in [-0.1, -0.05) is 28.6 Å². The summed E-state index contributed by atoms with van der Waals surface area (Å²) in [5, 5.41) is 3.87. The average Bonchev–Trinajstić information content (AvgIpc) is 2.62. The van der Waals surface area contributed by atoms with Crippen molar-refractivity contribution in [3.63, 3.8) is 0 Å². The lowest BCUT2D eigenvalue weighted by Gasteiger charge is -2.11. The van der Waals surface area contributed by atoms with E-state index in [0.717, 1.165) is 18.2 Å². The Hall–Kier alpha value is -0.510. The van der Waals surface area contributed by atoms with Gasteiger partial charge in [0.05, 0.1) is 0 Å². The predicted octanol–water partition coefficient (Wildman–Crippen LogP) is 2.46. The van der Waals surface area contributed by atoms with E-state index in [-0.39, 0.29) is 18.7 Å². The fourth-order valence-electron chi connectivity index (χ4n) is 1.69. The van der Waals surface area contributed by atoms with Crippen LogP contribution in [0, 0.1) is 5.92 Å². The van der Waals surface area contributed by atoms with E-state index in [0.29, 0.717) is 5.92 Å². The third-order valence-electron chi connectivity index (χ3n) is 2.41. The molecular formula is C10H16BrNO2. The monoisotopic (exact) mass is 261 g/mol. The van der Waals surface area contributed by atoms with Crippen molar-refractivity contribution >= 4 is 22.0 Å². The minimum absolute atomic E-state index is 0.278. The summed E-state index contributed by atoms with van der Waals surface area (Å²) in [6, 6.07) is 0.287. The van der Waals surface area contributed by atoms with Crippen LogP contribution in [-0.2, 0) is 4.74 Å². The first-order chi connectivity index (χ1) is 6.76. The Balaban J connectivity index is 2.18. The standard InChI is InChI=1S/C10H16BrNO2/c1-2-5-14-10(13)12-9-4-3-8(6-9)7-11/h2,8-9H,1,3-7H2,(H,12,13)/t8-,9+/m1/s1. The lowest BCUT2D eigenvalue weighted by Crippen LogP contribution is -2.33. The molecule has 1 saturated carbocycles. The summed E-state index contributed by atoms with van der Waals surface area (Å²) >= 11 is 3.45. The molecule has 0 aromatic heterocycles. The summed E-state index contributed by atoms with van der Waals surface area (Å²) in [5.41, 5.74) is 0. The van der Waals surface area contributed by atoms with Crippen molar-refractivity contribution in [2.24, 2.45) is 5.92 Å². The average molecular weight is 262 g/mol. The minimum atomic E-state index is -0.329. The minimum Gasteiger partial charge on any atom is -0.445 e. The summed E-state index contributed by atoms with van der Waals surface area (Å²) in [5.74, 6) is 0.694. The van der Waals surface area contributed by atoms with Gasteiger partial charge in [0, 0.05) is 11.4 Å². The maximum Gasteiger partial charge on any atom is 0.407 e. The Morgan fingerprint density at radius 3 is 3.00 bits per heavy atom. The van der Waals surface area contributed by atoms with E-state index in [1.165, 1.54) is 6.42 Å². The molecule has 0 saturated heterocycles. The van der Waals surface area contributed by atoms with Crippen LogP contribution >= 0.6 is 15.9 Å². The zero-order valence-electron chi connectivity index (χ0n) is 8.17. The third kappa shape index (κ3) is 3.70. The number of rotatable bonds is 4. The Bertz CT molecular complexity index is 208. The summed E-state index contributed by atoms with van der Waals surface area (Å²) in [7, 11) is 0. The second kappa shape index (κ2) is 6.06. The van der Waals surface area contributed by atoms with Crippen molar-refractivity contribution in [1.82, 2.24) is 5.32 Å². The fourth-order valence-corrected chi connectivity index (χ4v) is 2.28. The number of halogens is 1. The summed E-state index contributed by atoms with van der Waals surface area (Å²) in [4.78, 5) is 11.2. The molecule has 0 spiro atoms. The number of alkyl carbamates (subject to hydrolysis) is 1. The molecule has 1 aliphatic carbocycles. The Labute approximate surface area is 93.0 Å². The molecule has 1 aliphatic rings. The van der Waals surface area contributed by atoms with E-state index in [1.54, 1.807) is 6.08 Å².